The van der Waals surface area contributed by atoms with Gasteiger partial charge in [-0.15, -0.1) is 0 Å². The molecule has 150 valence electrons. The van der Waals surface area contributed by atoms with E-state index in [2.05, 4.69) is 19.9 Å². The highest BCUT2D eigenvalue weighted by Gasteiger charge is 2.31. The van der Waals surface area contributed by atoms with Crippen molar-refractivity contribution >= 4 is 5.69 Å². The second kappa shape index (κ2) is 8.16. The Morgan fingerprint density at radius 2 is 1.76 bits per heavy atom. The van der Waals surface area contributed by atoms with Crippen LogP contribution in [0.2, 0.25) is 0 Å². The minimum Gasteiger partial charge on any atom is -0.369 e. The first-order valence-corrected chi connectivity index (χ1v) is 9.36. The molecule has 1 fully saturated rings. The Labute approximate surface area is 166 Å². The molecule has 0 saturated carbocycles. The molecule has 1 saturated heterocycles. The van der Waals surface area contributed by atoms with Crippen molar-refractivity contribution in [3.8, 4) is 11.4 Å². The predicted molar refractivity (Wildman–Crippen MR) is 104 cm³/mol. The molecule has 1 aliphatic heterocycles. The van der Waals surface area contributed by atoms with E-state index in [9.17, 15) is 13.2 Å². The maximum Gasteiger partial charge on any atom is 0.416 e. The molecule has 0 aliphatic carbocycles. The largest absolute Gasteiger partial charge is 0.416 e. The van der Waals surface area contributed by atoms with Crippen molar-refractivity contribution in [1.82, 2.24) is 19.9 Å². The van der Waals surface area contributed by atoms with Gasteiger partial charge in [-0.2, -0.15) is 13.2 Å². The average molecular weight is 399 g/mol. The van der Waals surface area contributed by atoms with Crippen LogP contribution in [0.4, 0.5) is 18.9 Å². The van der Waals surface area contributed by atoms with Crippen molar-refractivity contribution in [2.45, 2.75) is 12.7 Å². The van der Waals surface area contributed by atoms with Crippen LogP contribution in [0.15, 0.2) is 61.1 Å². The maximum atomic E-state index is 13.0. The molecule has 0 bridgehead atoms. The minimum absolute atomic E-state index is 0.610. The molecule has 0 spiro atoms. The zero-order chi connectivity index (χ0) is 20.3. The lowest BCUT2D eigenvalue weighted by atomic mass is 10.1. The van der Waals surface area contributed by atoms with Crippen LogP contribution in [0, 0.1) is 0 Å². The molecule has 1 aliphatic rings. The van der Waals surface area contributed by atoms with E-state index in [0.717, 1.165) is 30.4 Å². The summed E-state index contributed by atoms with van der Waals surface area (Å²) in [7, 11) is 0. The minimum atomic E-state index is -4.32. The van der Waals surface area contributed by atoms with Crippen LogP contribution in [0.5, 0.6) is 0 Å². The third-order valence-electron chi connectivity index (χ3n) is 4.93. The first-order valence-electron chi connectivity index (χ1n) is 9.36. The van der Waals surface area contributed by atoms with E-state index in [-0.39, 0.29) is 0 Å². The van der Waals surface area contributed by atoms with Crippen molar-refractivity contribution < 1.29 is 13.2 Å². The first-order chi connectivity index (χ1) is 14.0. The van der Waals surface area contributed by atoms with E-state index in [1.165, 1.54) is 12.1 Å². The van der Waals surface area contributed by atoms with E-state index in [4.69, 9.17) is 0 Å². The number of nitrogens with zero attached hydrogens (tertiary/aromatic N) is 5. The summed E-state index contributed by atoms with van der Waals surface area (Å²) < 4.78 is 38.9. The van der Waals surface area contributed by atoms with Crippen LogP contribution in [-0.4, -0.2) is 46.0 Å². The van der Waals surface area contributed by atoms with E-state index < -0.39 is 11.7 Å². The van der Waals surface area contributed by atoms with E-state index in [1.807, 2.05) is 23.1 Å². The molecular weight excluding hydrogens is 379 g/mol. The Morgan fingerprint density at radius 3 is 2.48 bits per heavy atom. The zero-order valence-electron chi connectivity index (χ0n) is 15.7. The second-order valence-corrected chi connectivity index (χ2v) is 6.92. The third-order valence-corrected chi connectivity index (χ3v) is 4.93. The highest BCUT2D eigenvalue weighted by molar-refractivity contribution is 5.52. The van der Waals surface area contributed by atoms with Gasteiger partial charge in [0, 0.05) is 62.6 Å². The molecule has 4 rings (SSSR count). The van der Waals surface area contributed by atoms with Crippen molar-refractivity contribution in [3.63, 3.8) is 0 Å². The fourth-order valence-electron chi connectivity index (χ4n) is 3.39. The number of hydrogen-bond acceptors (Lipinski definition) is 5. The molecule has 5 nitrogen and oxygen atoms in total. The monoisotopic (exact) mass is 399 g/mol. The van der Waals surface area contributed by atoms with Gasteiger partial charge >= 0.3 is 6.18 Å². The first kappa shape index (κ1) is 19.3. The van der Waals surface area contributed by atoms with Crippen LogP contribution in [-0.2, 0) is 12.7 Å². The van der Waals surface area contributed by atoms with E-state index in [1.54, 1.807) is 24.7 Å². The Hall–Kier alpha value is -3.00. The fourth-order valence-corrected chi connectivity index (χ4v) is 3.39. The summed E-state index contributed by atoms with van der Waals surface area (Å²) in [6.45, 7) is 3.51. The number of halogens is 3. The van der Waals surface area contributed by atoms with Crippen LogP contribution in [0.3, 0.4) is 0 Å². The highest BCUT2D eigenvalue weighted by Crippen LogP contribution is 2.32. The summed E-state index contributed by atoms with van der Waals surface area (Å²) in [6.07, 6.45) is 0.852. The second-order valence-electron chi connectivity index (χ2n) is 6.92. The number of pyridine rings is 1. The number of piperazine rings is 1. The molecule has 2 aromatic heterocycles. The molecule has 0 atom stereocenters. The van der Waals surface area contributed by atoms with E-state index >= 15 is 0 Å². The lowest BCUT2D eigenvalue weighted by Gasteiger charge is -2.36. The van der Waals surface area contributed by atoms with Crippen molar-refractivity contribution in [2.75, 3.05) is 31.1 Å². The molecule has 29 heavy (non-hydrogen) atoms. The fraction of sp³-hybridized carbons (Fsp3) is 0.286. The van der Waals surface area contributed by atoms with Crippen LogP contribution in [0.25, 0.3) is 11.4 Å². The summed E-state index contributed by atoms with van der Waals surface area (Å²) in [5, 5.41) is 0. The maximum absolute atomic E-state index is 13.0. The number of hydrogen-bond donors (Lipinski definition) is 0. The van der Waals surface area contributed by atoms with Gasteiger partial charge in [0.15, 0.2) is 5.82 Å². The molecule has 0 N–H and O–H groups in total. The van der Waals surface area contributed by atoms with Gasteiger partial charge < -0.3 is 4.90 Å². The van der Waals surface area contributed by atoms with Gasteiger partial charge in [0.05, 0.1) is 11.3 Å². The highest BCUT2D eigenvalue weighted by atomic mass is 19.4. The Balaban J connectivity index is 1.39. The number of benzene rings is 1. The number of rotatable bonds is 4. The molecule has 3 aromatic rings. The predicted octanol–water partition coefficient (Wildman–Crippen LogP) is 3.88. The number of aromatic nitrogens is 3. The van der Waals surface area contributed by atoms with Gasteiger partial charge in [0.25, 0.3) is 0 Å². The van der Waals surface area contributed by atoms with Gasteiger partial charge in [-0.1, -0.05) is 6.07 Å². The van der Waals surface area contributed by atoms with Gasteiger partial charge in [0.1, 0.15) is 0 Å². The topological polar surface area (TPSA) is 45.2 Å². The molecule has 1 aromatic carbocycles. The Morgan fingerprint density at radius 1 is 0.931 bits per heavy atom. The van der Waals surface area contributed by atoms with Crippen LogP contribution in [0.1, 0.15) is 11.3 Å². The zero-order valence-corrected chi connectivity index (χ0v) is 15.7. The van der Waals surface area contributed by atoms with Crippen molar-refractivity contribution in [3.05, 3.63) is 72.3 Å². The van der Waals surface area contributed by atoms with Crippen molar-refractivity contribution in [1.29, 1.82) is 0 Å². The summed E-state index contributed by atoms with van der Waals surface area (Å²) >= 11 is 0. The smallest absolute Gasteiger partial charge is 0.369 e. The average Bonchev–Trinajstić information content (AvgIpc) is 2.75. The summed E-state index contributed by atoms with van der Waals surface area (Å²) in [5.41, 5.74) is 1.77. The Bertz CT molecular complexity index is 954. The summed E-state index contributed by atoms with van der Waals surface area (Å²) in [4.78, 5) is 17.3. The third kappa shape index (κ3) is 4.71. The molecule has 0 unspecified atom stereocenters. The molecule has 3 heterocycles. The lowest BCUT2D eigenvalue weighted by molar-refractivity contribution is -0.137. The standard InChI is InChI=1S/C21H20F3N5/c22-21(23,24)17-4-1-5-19(13-17)29-11-9-28(10-12-29)15-18-6-8-26-20(27-18)16-3-2-7-25-14-16/h1-8,13-14H,9-12,15H2. The Kier molecular flexibility index (Phi) is 5.44. The van der Waals surface area contributed by atoms with E-state index in [0.29, 0.717) is 31.1 Å². The van der Waals surface area contributed by atoms with Crippen LogP contribution < -0.4 is 4.90 Å². The normalized spacial score (nSPS) is 15.5. The SMILES string of the molecule is FC(F)(F)c1cccc(N2CCN(Cc3ccnc(-c4cccnc4)n3)CC2)c1. The molecule has 8 heteroatoms. The van der Waals surface area contributed by atoms with Gasteiger partial charge in [0.2, 0.25) is 0 Å². The van der Waals surface area contributed by atoms with Crippen molar-refractivity contribution in [2.24, 2.45) is 0 Å². The van der Waals surface area contributed by atoms with Gasteiger partial charge in [-0.05, 0) is 36.4 Å². The lowest BCUT2D eigenvalue weighted by Crippen LogP contribution is -2.46. The summed E-state index contributed by atoms with van der Waals surface area (Å²) in [5.74, 6) is 0.637. The number of alkyl halides is 3. The van der Waals surface area contributed by atoms with Gasteiger partial charge in [-0.3, -0.25) is 9.88 Å². The molecular formula is C21H20F3N5. The van der Waals surface area contributed by atoms with Crippen LogP contribution >= 0.6 is 0 Å². The molecule has 0 amide bonds. The quantitative estimate of drug-likeness (QED) is 0.666. The van der Waals surface area contributed by atoms with Gasteiger partial charge in [-0.25, -0.2) is 9.97 Å². The summed E-state index contributed by atoms with van der Waals surface area (Å²) in [6, 6.07) is 11.2. The number of anilines is 1. The molecule has 0 radical (unpaired) electrons.